The van der Waals surface area contributed by atoms with Gasteiger partial charge in [0.15, 0.2) is 0 Å². The van der Waals surface area contributed by atoms with E-state index in [0.29, 0.717) is 13.0 Å². The minimum absolute atomic E-state index is 0.0322. The van der Waals surface area contributed by atoms with Crippen molar-refractivity contribution in [1.82, 2.24) is 0 Å². The average molecular weight is 781 g/mol. The van der Waals surface area contributed by atoms with Gasteiger partial charge in [-0.1, -0.05) is 145 Å². The smallest absolute Gasteiger partial charge is 0.457 e. The summed E-state index contributed by atoms with van der Waals surface area (Å²) in [4.78, 5) is 22.6. The van der Waals surface area contributed by atoms with Crippen LogP contribution >= 0.6 is 7.82 Å². The number of unbranched alkanes of at least 4 members (excludes halogenated alkanes) is 13. The number of allylic oxidation sites excluding steroid dienone is 12. The number of rotatable bonds is 39. The third kappa shape index (κ3) is 39.6. The van der Waals surface area contributed by atoms with E-state index in [1.165, 1.54) is 38.5 Å². The highest BCUT2D eigenvalue weighted by Crippen LogP contribution is 2.43. The van der Waals surface area contributed by atoms with Crippen molar-refractivity contribution in [2.45, 2.75) is 167 Å². The lowest BCUT2D eigenvalue weighted by atomic mass is 10.1. The highest BCUT2D eigenvalue weighted by atomic mass is 31.2. The van der Waals surface area contributed by atoms with Crippen LogP contribution in [-0.2, 0) is 27.9 Å². The Morgan fingerprint density at radius 3 is 1.50 bits per heavy atom. The van der Waals surface area contributed by atoms with E-state index in [1.54, 1.807) is 0 Å². The van der Waals surface area contributed by atoms with Gasteiger partial charge in [-0.3, -0.25) is 13.8 Å². The molecule has 0 aliphatic rings. The van der Waals surface area contributed by atoms with E-state index in [2.05, 4.69) is 86.8 Å². The van der Waals surface area contributed by atoms with Crippen LogP contribution in [0, 0.1) is 0 Å². The van der Waals surface area contributed by atoms with Crippen LogP contribution < -0.4 is 0 Å². The van der Waals surface area contributed by atoms with E-state index in [1.807, 2.05) is 0 Å². The highest BCUT2D eigenvalue weighted by molar-refractivity contribution is 7.47. The second-order valence-electron chi connectivity index (χ2n) is 13.6. The number of carbonyl (C=O) groups excluding carboxylic acids is 1. The van der Waals surface area contributed by atoms with Crippen LogP contribution in [0.1, 0.15) is 155 Å². The van der Waals surface area contributed by atoms with Crippen molar-refractivity contribution >= 4 is 13.8 Å². The van der Waals surface area contributed by atoms with Crippen LogP contribution in [0.5, 0.6) is 0 Å². The second-order valence-corrected chi connectivity index (χ2v) is 15.0. The van der Waals surface area contributed by atoms with Gasteiger partial charge in [0.1, 0.15) is 12.2 Å². The lowest BCUT2D eigenvalue weighted by Gasteiger charge is -2.20. The number of esters is 1. The van der Waals surface area contributed by atoms with Crippen LogP contribution in [0.2, 0.25) is 0 Å². The van der Waals surface area contributed by atoms with Crippen molar-refractivity contribution in [3.63, 3.8) is 0 Å². The van der Waals surface area contributed by atoms with Crippen LogP contribution in [0.25, 0.3) is 0 Å². The minimum atomic E-state index is -4.53. The molecule has 312 valence electrons. The zero-order valence-corrected chi connectivity index (χ0v) is 34.8. The van der Waals surface area contributed by atoms with Crippen LogP contribution in [0.3, 0.4) is 0 Å². The molecule has 0 spiro atoms. The molecule has 0 heterocycles. The van der Waals surface area contributed by atoms with Gasteiger partial charge in [0.2, 0.25) is 0 Å². The summed E-state index contributed by atoms with van der Waals surface area (Å²) in [6.07, 6.45) is 47.1. The normalized spacial score (nSPS) is 14.8. The summed E-state index contributed by atoms with van der Waals surface area (Å²) in [6, 6.07) is 0. The molecule has 10 heteroatoms. The Kier molecular flexibility index (Phi) is 39.0. The Morgan fingerprint density at radius 1 is 0.574 bits per heavy atom. The molecule has 0 saturated carbocycles. The fourth-order valence-corrected chi connectivity index (χ4v) is 6.05. The number of hydrogen-bond donors (Lipinski definition) is 3. The number of ether oxygens (including phenoxy) is 2. The SMILES string of the molecule is CC/C=C\C/C=C\C/C=C\CCCCCCCCCC(=O)OC(COCCCCCCCC/C=C\C/C=C\C/C=C\CC)COP(=O)(O)OCC(O)CO. The Bertz CT molecular complexity index is 1070. The molecule has 54 heavy (non-hydrogen) atoms. The van der Waals surface area contributed by atoms with Gasteiger partial charge in [-0.05, 0) is 77.0 Å². The van der Waals surface area contributed by atoms with Crippen LogP contribution in [0.4, 0.5) is 0 Å². The fraction of sp³-hybridized carbons (Fsp3) is 0.705. The van der Waals surface area contributed by atoms with Gasteiger partial charge in [-0.15, -0.1) is 0 Å². The topological polar surface area (TPSA) is 132 Å². The van der Waals surface area contributed by atoms with Crippen molar-refractivity contribution < 1.29 is 43.0 Å². The molecule has 0 radical (unpaired) electrons. The third-order valence-electron chi connectivity index (χ3n) is 8.39. The lowest BCUT2D eigenvalue weighted by Crippen LogP contribution is -2.29. The summed E-state index contributed by atoms with van der Waals surface area (Å²) >= 11 is 0. The molecule has 0 amide bonds. The maximum atomic E-state index is 12.6. The Hall–Kier alpha value is -2.10. The predicted molar refractivity (Wildman–Crippen MR) is 223 cm³/mol. The summed E-state index contributed by atoms with van der Waals surface area (Å²) in [7, 11) is -4.53. The van der Waals surface area contributed by atoms with Gasteiger partial charge in [0.25, 0.3) is 0 Å². The maximum Gasteiger partial charge on any atom is 0.472 e. The summed E-state index contributed by atoms with van der Waals surface area (Å²) in [5, 5.41) is 18.3. The number of hydrogen-bond acceptors (Lipinski definition) is 8. The zero-order valence-electron chi connectivity index (χ0n) is 33.9. The number of aliphatic hydroxyl groups excluding tert-OH is 2. The Balaban J connectivity index is 4.24. The van der Waals surface area contributed by atoms with Crippen LogP contribution in [-0.4, -0.2) is 66.3 Å². The van der Waals surface area contributed by atoms with Gasteiger partial charge in [0.05, 0.1) is 26.4 Å². The summed E-state index contributed by atoms with van der Waals surface area (Å²) in [6.45, 7) is 3.23. The van der Waals surface area contributed by atoms with E-state index >= 15 is 0 Å². The van der Waals surface area contributed by atoms with Crippen LogP contribution in [0.15, 0.2) is 72.9 Å². The first-order valence-corrected chi connectivity index (χ1v) is 22.4. The lowest BCUT2D eigenvalue weighted by molar-refractivity contribution is -0.154. The molecule has 3 N–H and O–H groups in total. The molecule has 0 fully saturated rings. The van der Waals surface area contributed by atoms with Gasteiger partial charge >= 0.3 is 13.8 Å². The first-order valence-electron chi connectivity index (χ1n) is 20.9. The molecule has 0 saturated heterocycles. The molecule has 0 aliphatic heterocycles. The largest absolute Gasteiger partial charge is 0.472 e. The predicted octanol–water partition coefficient (Wildman–Crippen LogP) is 11.4. The molecule has 0 aliphatic carbocycles. The molecule has 9 nitrogen and oxygen atoms in total. The first-order chi connectivity index (χ1) is 26.3. The first kappa shape index (κ1) is 51.9. The molecule has 0 aromatic carbocycles. The molecule has 3 atom stereocenters. The van der Waals surface area contributed by atoms with Crippen molar-refractivity contribution in [3.8, 4) is 0 Å². The molecule has 0 rings (SSSR count). The van der Waals surface area contributed by atoms with E-state index in [-0.39, 0.29) is 13.0 Å². The number of carbonyl (C=O) groups is 1. The van der Waals surface area contributed by atoms with Crippen molar-refractivity contribution in [3.05, 3.63) is 72.9 Å². The molecular weight excluding hydrogens is 703 g/mol. The molecule has 0 aromatic rings. The minimum Gasteiger partial charge on any atom is -0.457 e. The Morgan fingerprint density at radius 2 is 1.00 bits per heavy atom. The van der Waals surface area contributed by atoms with E-state index in [0.717, 1.165) is 89.9 Å². The van der Waals surface area contributed by atoms with E-state index < -0.39 is 45.8 Å². The van der Waals surface area contributed by atoms with Crippen molar-refractivity contribution in [1.29, 1.82) is 0 Å². The third-order valence-corrected chi connectivity index (χ3v) is 9.34. The van der Waals surface area contributed by atoms with Gasteiger partial charge < -0.3 is 24.6 Å². The molecule has 3 unspecified atom stereocenters. The van der Waals surface area contributed by atoms with Gasteiger partial charge in [-0.2, -0.15) is 0 Å². The fourth-order valence-electron chi connectivity index (χ4n) is 5.27. The monoisotopic (exact) mass is 781 g/mol. The van der Waals surface area contributed by atoms with Gasteiger partial charge in [-0.25, -0.2) is 4.57 Å². The summed E-state index contributed by atoms with van der Waals surface area (Å²) < 4.78 is 33.3. The number of aliphatic hydroxyl groups is 2. The Labute approximate surface area is 329 Å². The van der Waals surface area contributed by atoms with E-state index in [9.17, 15) is 19.4 Å². The average Bonchev–Trinajstić information content (AvgIpc) is 3.16. The molecule has 0 bridgehead atoms. The highest BCUT2D eigenvalue weighted by Gasteiger charge is 2.26. The molecule has 0 aromatic heterocycles. The zero-order chi connectivity index (χ0) is 39.6. The second kappa shape index (κ2) is 40.6. The number of phosphoric acid groups is 1. The van der Waals surface area contributed by atoms with Crippen molar-refractivity contribution in [2.75, 3.05) is 33.0 Å². The number of phosphoric ester groups is 1. The van der Waals surface area contributed by atoms with Gasteiger partial charge in [0, 0.05) is 13.0 Å². The standard InChI is InChI=1S/C44H77O9P/c1-3-5-7-9-11-13-15-17-19-21-22-24-26-28-30-32-34-36-44(47)53-43(41-52-54(48,49)51-39-42(46)38-45)40-50-37-35-33-31-29-27-25-23-20-18-16-14-12-10-8-6-4-2/h5-8,11-14,17-20,42-43,45-46H,3-4,9-10,15-16,21-41H2,1-2H3,(H,48,49)/b7-5-,8-6-,13-11-,14-12-,19-17-,20-18-. The maximum absolute atomic E-state index is 12.6. The quantitative estimate of drug-likeness (QED) is 0.0241. The molecular formula is C44H77O9P. The van der Waals surface area contributed by atoms with E-state index in [4.69, 9.17) is 23.6 Å². The summed E-state index contributed by atoms with van der Waals surface area (Å²) in [5.41, 5.74) is 0. The summed E-state index contributed by atoms with van der Waals surface area (Å²) in [5.74, 6) is -0.401. The van der Waals surface area contributed by atoms with Crippen molar-refractivity contribution in [2.24, 2.45) is 0 Å².